The number of unbranched alkanes of at least 4 members (excludes halogenated alkanes) is 2. The Balaban J connectivity index is -0.00000115. The van der Waals surface area contributed by atoms with E-state index in [4.69, 9.17) is 9.47 Å². The highest BCUT2D eigenvalue weighted by Crippen LogP contribution is 2.23. The molecule has 22 heteroatoms. The van der Waals surface area contributed by atoms with E-state index in [1.54, 1.807) is 20.8 Å². The van der Waals surface area contributed by atoms with Crippen molar-refractivity contribution in [3.05, 3.63) is 0 Å². The smallest absolute Gasteiger partial charge is 0.187 e. The van der Waals surface area contributed by atoms with Crippen molar-refractivity contribution >= 4 is 167 Å². The second-order valence-corrected chi connectivity index (χ2v) is 56.2. The van der Waals surface area contributed by atoms with Crippen molar-refractivity contribution in [2.24, 2.45) is 16.2 Å². The normalized spacial score (nSPS) is 17.4. The van der Waals surface area contributed by atoms with E-state index in [0.717, 1.165) is 138 Å². The fourth-order valence-electron chi connectivity index (χ4n) is 10.9. The zero-order chi connectivity index (χ0) is 83.2. The topological polar surface area (TPSA) is 189 Å². The Hall–Kier alpha value is 0.120. The van der Waals surface area contributed by atoms with Crippen LogP contribution in [0.5, 0.6) is 0 Å². The molecule has 640 valence electrons. The van der Waals surface area contributed by atoms with Gasteiger partial charge in [0.2, 0.25) is 0 Å². The third-order valence-electron chi connectivity index (χ3n) is 18.4. The molecule has 0 aromatic heterocycles. The van der Waals surface area contributed by atoms with Crippen molar-refractivity contribution in [2.45, 2.75) is 267 Å². The van der Waals surface area contributed by atoms with E-state index in [2.05, 4.69) is 40.2 Å². The first-order chi connectivity index (χ1) is 51.3. The number of carbonyl (C=O) groups is 10. The van der Waals surface area contributed by atoms with Gasteiger partial charge in [0.25, 0.3) is 0 Å². The highest BCUT2D eigenvalue weighted by atomic mass is 32.2. The van der Waals surface area contributed by atoms with Crippen LogP contribution in [0, 0.1) is 16.2 Å². The minimum absolute atomic E-state index is 0.115. The maximum atomic E-state index is 11.7. The van der Waals surface area contributed by atoms with Crippen molar-refractivity contribution in [1.82, 2.24) is 0 Å². The van der Waals surface area contributed by atoms with E-state index in [1.807, 2.05) is 90.0 Å². The molecule has 7 saturated heterocycles. The molecule has 0 saturated carbocycles. The van der Waals surface area contributed by atoms with Crippen LogP contribution in [-0.2, 0) is 166 Å². The molecule has 109 heavy (non-hydrogen) atoms. The van der Waals surface area contributed by atoms with Gasteiger partial charge in [0, 0.05) is 41.9 Å². The monoisotopic (exact) mass is 1730 g/mol. The minimum atomic E-state index is -0.161. The molecule has 7 aliphatic rings. The molecule has 0 unspecified atom stereocenters. The summed E-state index contributed by atoms with van der Waals surface area (Å²) in [4.78, 5) is 111. The quantitative estimate of drug-likeness (QED) is 0.0580. The molecule has 7 aliphatic heterocycles. The first-order valence-corrected chi connectivity index (χ1v) is 59.8. The Labute approximate surface area is 701 Å². The zero-order valence-corrected chi connectivity index (χ0v) is 82.4. The predicted octanol–water partition coefficient (Wildman–Crippen LogP) is 15.3. The number of rotatable bonds is 32. The molecule has 0 N–H and O–H groups in total. The fourth-order valence-corrected chi connectivity index (χ4v) is 31.6. The van der Waals surface area contributed by atoms with Gasteiger partial charge in [-0.05, 0) is 233 Å². The van der Waals surface area contributed by atoms with Crippen molar-refractivity contribution in [3.63, 3.8) is 0 Å². The lowest BCUT2D eigenvalue weighted by Crippen LogP contribution is -2.35. The van der Waals surface area contributed by atoms with Crippen LogP contribution in [0.2, 0.25) is 0 Å². The Morgan fingerprint density at radius 3 is 0.752 bits per heavy atom. The minimum Gasteiger partial charge on any atom is -0.372 e. The van der Waals surface area contributed by atoms with Gasteiger partial charge < -0.3 is 9.47 Å². The average molecular weight is 1730 g/mol. The van der Waals surface area contributed by atoms with Crippen LogP contribution in [0.25, 0.3) is 0 Å². The molecule has 7 heterocycles. The molecule has 0 amide bonds. The summed E-state index contributed by atoms with van der Waals surface area (Å²) in [6.07, 6.45) is 28.5. The second kappa shape index (κ2) is 71.1. The number of ether oxygens (including phenoxy) is 2. The number of hydrogen-bond donors (Lipinski definition) is 0. The summed E-state index contributed by atoms with van der Waals surface area (Å²) in [5.41, 5.74) is -0.397. The Kier molecular flexibility index (Phi) is 73.9. The van der Waals surface area contributed by atoms with Crippen LogP contribution in [-0.4, -0.2) is 258 Å². The first-order valence-electron chi connectivity index (χ1n) is 42.0. The number of ketones is 10. The summed E-state index contributed by atoms with van der Waals surface area (Å²) in [7, 11) is 4.08. The highest BCUT2D eigenvalue weighted by Gasteiger charge is 2.35. The van der Waals surface area contributed by atoms with Crippen LogP contribution in [0.1, 0.15) is 267 Å². The maximum Gasteiger partial charge on any atom is 0.187 e. The number of Topliss-reactive ketones (excluding diaryl/α,β-unsaturated/α-hetero) is 10. The summed E-state index contributed by atoms with van der Waals surface area (Å²) in [6.45, 7) is 43.2. The van der Waals surface area contributed by atoms with Crippen molar-refractivity contribution in [2.75, 3.05) is 200 Å². The first kappa shape index (κ1) is 113. The van der Waals surface area contributed by atoms with Gasteiger partial charge in [-0.25, -0.2) is 0 Å². The van der Waals surface area contributed by atoms with Gasteiger partial charge in [-0.15, -0.1) is 0 Å². The molecule has 0 aromatic rings. The average Bonchev–Trinajstić information content (AvgIpc) is 1.06. The molecule has 0 aliphatic carbocycles. The van der Waals surface area contributed by atoms with Gasteiger partial charge in [0.05, 0.1) is 38.9 Å². The van der Waals surface area contributed by atoms with E-state index in [9.17, 15) is 47.9 Å². The van der Waals surface area contributed by atoms with E-state index in [0.29, 0.717) is 173 Å². The zero-order valence-electron chi connectivity index (χ0n) is 74.3. The van der Waals surface area contributed by atoms with Crippen molar-refractivity contribution in [1.29, 1.82) is 0 Å². The van der Waals surface area contributed by atoms with Crippen LogP contribution in [0.3, 0.4) is 0 Å². The van der Waals surface area contributed by atoms with Crippen molar-refractivity contribution in [3.8, 4) is 0 Å². The van der Waals surface area contributed by atoms with Gasteiger partial charge in [-0.1, -0.05) is 117 Å². The summed E-state index contributed by atoms with van der Waals surface area (Å²) in [5, 5.41) is 0. The third-order valence-corrected chi connectivity index (χ3v) is 40.9. The molecule has 7 fully saturated rings. The SMILES string of the molecule is CC(=O)C[S+](C)C.CC(=O)C[S+]1CCCC1.CC(C)(C)C(=O)C[S+]1CCCC1.CC(C)(C)C(=O)C[S+]1CCCCC1.CC(C)(C)C(=O)C[S+]1CCOCC1.CCC(=O)C[S+]1CCCC1.CCC(=O)C[S+]1CCCCC1.CCC(=O)C[S+]1CCOCC1.CCCC[S+](CCCC)CC(=O)CC.CC[S+](CC)CC(C)=O. The van der Waals surface area contributed by atoms with Gasteiger partial charge in [0.1, 0.15) is 104 Å². The Morgan fingerprint density at radius 2 is 0.541 bits per heavy atom. The fraction of sp³-hybridized carbons (Fsp3) is 0.885. The summed E-state index contributed by atoms with van der Waals surface area (Å²) >= 11 is 0. The summed E-state index contributed by atoms with van der Waals surface area (Å²) in [5.74, 6) is 34.9. The number of hydrogen-bond acceptors (Lipinski definition) is 12. The van der Waals surface area contributed by atoms with Crippen LogP contribution in [0.15, 0.2) is 0 Å². The van der Waals surface area contributed by atoms with Gasteiger partial charge in [-0.3, -0.25) is 47.9 Å². The van der Waals surface area contributed by atoms with Crippen LogP contribution >= 0.6 is 0 Å². The lowest BCUT2D eigenvalue weighted by atomic mass is 9.92. The molecule has 0 radical (unpaired) electrons. The van der Waals surface area contributed by atoms with E-state index in [1.165, 1.54) is 172 Å². The summed E-state index contributed by atoms with van der Waals surface area (Å²) < 4.78 is 10.5. The Bertz CT molecular complexity index is 2270. The molecule has 0 atom stereocenters. The highest BCUT2D eigenvalue weighted by molar-refractivity contribution is 8.00. The summed E-state index contributed by atoms with van der Waals surface area (Å²) in [6, 6.07) is 0. The molecule has 7 rings (SSSR count). The van der Waals surface area contributed by atoms with E-state index >= 15 is 0 Å². The van der Waals surface area contributed by atoms with Gasteiger partial charge in [0.15, 0.2) is 115 Å². The second-order valence-electron chi connectivity index (χ2n) is 32.7. The van der Waals surface area contributed by atoms with E-state index in [-0.39, 0.29) is 16.2 Å². The van der Waals surface area contributed by atoms with Crippen LogP contribution < -0.4 is 0 Å². The molecule has 0 aromatic carbocycles. The van der Waals surface area contributed by atoms with Crippen LogP contribution in [0.4, 0.5) is 0 Å². The maximum absolute atomic E-state index is 11.7. The Morgan fingerprint density at radius 1 is 0.294 bits per heavy atom. The molecular weight excluding hydrogens is 1560 g/mol. The molecule has 0 spiro atoms. The van der Waals surface area contributed by atoms with Gasteiger partial charge in [-0.2, -0.15) is 0 Å². The largest absolute Gasteiger partial charge is 0.372 e. The van der Waals surface area contributed by atoms with Gasteiger partial charge >= 0.3 is 0 Å². The lowest BCUT2D eigenvalue weighted by Gasteiger charge is -2.19. The number of carbonyl (C=O) groups excluding carboxylic acids is 10. The predicted molar refractivity (Wildman–Crippen MR) is 507 cm³/mol. The molecular formula is C87H170O12S10+10. The standard InChI is InChI=1S/C12H25OS.C11H21OS.C10H19O2S.C10H19OS.C9H17OS.C8H15O2S.C8H15OS.C7H13OS.C7H15OS.C5H11OS/c1-4-7-9-14(10-8-5-2)11-12(13)6-3;1-11(2,3)10(12)9-13-7-5-4-6-8-13;1-10(2,3)9(11)8-13-6-4-12-5-7-13;1-10(2,3)9(11)8-12-6-4-5-7-12;1-2-9(10)8-11-6-4-3-5-7-11;1-2-8(9)7-11-5-3-10-4-6-11;1-2-8(9)7-10-5-3-4-6-10;1-7(8)6-9-4-2-3-5-9;1-4-9(5-2)6-7(3)8;1-5(6)4-7(2)3/h4-11H2,1-3H3;4-9H2,1-3H3;4-8H2,1-3H3;4-8H2,1-3H3;2-8H2,1H3;2-7H2,1H3;2-7H2,1H3;2-6H2,1H3;4-6H2,1-3H3;4H2,1-3H3/q10*+1. The lowest BCUT2D eigenvalue weighted by molar-refractivity contribution is -0.124. The van der Waals surface area contributed by atoms with Crippen molar-refractivity contribution < 1.29 is 57.4 Å². The molecule has 12 nitrogen and oxygen atoms in total. The van der Waals surface area contributed by atoms with E-state index < -0.39 is 0 Å². The molecule has 0 bridgehead atoms. The third kappa shape index (κ3) is 70.8.